The predicted molar refractivity (Wildman–Crippen MR) is 129 cm³/mol. The number of pyridine rings is 1. The average molecular weight is 440 g/mol. The quantitative estimate of drug-likeness (QED) is 0.463. The summed E-state index contributed by atoms with van der Waals surface area (Å²) in [6.45, 7) is 3.89. The standard InChI is InChI=1S/C26H29N7/c1-2-8-22(9-3-1)31-15-17-32(18-16-31)25(21-12-13-24-20(19-21)7-6-14-27-24)26-28-29-30-33(26)23-10-4-5-11-23/h1-3,6-9,12-14,19,23,25H,4-5,10-11,15-18H2/t25-/m0/s1. The van der Waals surface area contributed by atoms with Crippen molar-refractivity contribution in [2.45, 2.75) is 37.8 Å². The van der Waals surface area contributed by atoms with E-state index in [1.54, 1.807) is 0 Å². The molecule has 7 heteroatoms. The zero-order chi connectivity index (χ0) is 22.0. The van der Waals surface area contributed by atoms with Crippen LogP contribution in [0.5, 0.6) is 0 Å². The van der Waals surface area contributed by atoms with Crippen molar-refractivity contribution >= 4 is 16.6 Å². The molecule has 4 aromatic rings. The number of fused-ring (bicyclic) bond motifs is 1. The van der Waals surface area contributed by atoms with Crippen molar-refractivity contribution in [3.05, 3.63) is 78.2 Å². The number of aromatic nitrogens is 5. The van der Waals surface area contributed by atoms with Crippen LogP contribution in [0, 0.1) is 0 Å². The lowest BCUT2D eigenvalue weighted by Gasteiger charge is -2.40. The topological polar surface area (TPSA) is 63.0 Å². The van der Waals surface area contributed by atoms with Gasteiger partial charge < -0.3 is 4.90 Å². The molecular formula is C26H29N7. The van der Waals surface area contributed by atoms with E-state index in [4.69, 9.17) is 0 Å². The van der Waals surface area contributed by atoms with E-state index in [9.17, 15) is 0 Å². The fourth-order valence-electron chi connectivity index (χ4n) is 5.45. The molecule has 0 radical (unpaired) electrons. The molecule has 0 N–H and O–H groups in total. The third-order valence-electron chi connectivity index (χ3n) is 7.18. The summed E-state index contributed by atoms with van der Waals surface area (Å²) < 4.78 is 2.12. The highest BCUT2D eigenvalue weighted by Gasteiger charge is 2.33. The van der Waals surface area contributed by atoms with Gasteiger partial charge in [-0.15, -0.1) is 5.10 Å². The molecule has 1 aliphatic heterocycles. The molecule has 1 aliphatic carbocycles. The molecule has 2 aromatic carbocycles. The Balaban J connectivity index is 1.35. The van der Waals surface area contributed by atoms with Crippen LogP contribution in [-0.4, -0.2) is 56.3 Å². The van der Waals surface area contributed by atoms with Crippen molar-refractivity contribution in [1.29, 1.82) is 0 Å². The molecule has 0 amide bonds. The molecule has 1 saturated carbocycles. The van der Waals surface area contributed by atoms with Gasteiger partial charge in [-0.25, -0.2) is 4.68 Å². The molecular weight excluding hydrogens is 410 g/mol. The maximum atomic E-state index is 4.60. The summed E-state index contributed by atoms with van der Waals surface area (Å²) in [6.07, 6.45) is 6.68. The van der Waals surface area contributed by atoms with Crippen LogP contribution in [0.25, 0.3) is 10.9 Å². The molecule has 168 valence electrons. The van der Waals surface area contributed by atoms with Crippen LogP contribution in [0.4, 0.5) is 5.69 Å². The Hall–Kier alpha value is -3.32. The molecule has 0 spiro atoms. The summed E-state index contributed by atoms with van der Waals surface area (Å²) in [5.74, 6) is 0.971. The van der Waals surface area contributed by atoms with Crippen LogP contribution in [-0.2, 0) is 0 Å². The van der Waals surface area contributed by atoms with E-state index in [1.165, 1.54) is 24.1 Å². The molecule has 0 unspecified atom stereocenters. The summed E-state index contributed by atoms with van der Waals surface area (Å²) in [7, 11) is 0. The van der Waals surface area contributed by atoms with Gasteiger partial charge in [-0.05, 0) is 59.2 Å². The van der Waals surface area contributed by atoms with E-state index in [0.29, 0.717) is 6.04 Å². The zero-order valence-corrected chi connectivity index (χ0v) is 18.8. The lowest BCUT2D eigenvalue weighted by molar-refractivity contribution is 0.198. The van der Waals surface area contributed by atoms with Gasteiger partial charge in [0.15, 0.2) is 5.82 Å². The van der Waals surface area contributed by atoms with E-state index in [1.807, 2.05) is 12.3 Å². The van der Waals surface area contributed by atoms with Gasteiger partial charge >= 0.3 is 0 Å². The minimum absolute atomic E-state index is 0.0307. The second-order valence-corrected chi connectivity index (χ2v) is 9.14. The Labute approximate surface area is 194 Å². The van der Waals surface area contributed by atoms with Crippen molar-refractivity contribution in [2.75, 3.05) is 31.1 Å². The SMILES string of the molecule is c1ccc(N2CCN([C@@H](c3ccc4ncccc4c3)c3nnnn3C3CCCC3)CC2)cc1. The lowest BCUT2D eigenvalue weighted by atomic mass is 10.0. The largest absolute Gasteiger partial charge is 0.369 e. The van der Waals surface area contributed by atoms with Gasteiger partial charge in [0, 0.05) is 43.4 Å². The van der Waals surface area contributed by atoms with Gasteiger partial charge in [-0.3, -0.25) is 9.88 Å². The number of para-hydroxylation sites is 1. The van der Waals surface area contributed by atoms with Crippen molar-refractivity contribution in [2.24, 2.45) is 0 Å². The Morgan fingerprint density at radius 1 is 0.848 bits per heavy atom. The van der Waals surface area contributed by atoms with E-state index in [-0.39, 0.29) is 6.04 Å². The third kappa shape index (κ3) is 3.97. The van der Waals surface area contributed by atoms with Crippen molar-refractivity contribution in [1.82, 2.24) is 30.1 Å². The number of nitrogens with zero attached hydrogens (tertiary/aromatic N) is 7. The highest BCUT2D eigenvalue weighted by atomic mass is 15.6. The van der Waals surface area contributed by atoms with Gasteiger partial charge in [0.2, 0.25) is 0 Å². The fourth-order valence-corrected chi connectivity index (χ4v) is 5.45. The molecule has 2 fully saturated rings. The minimum Gasteiger partial charge on any atom is -0.369 e. The third-order valence-corrected chi connectivity index (χ3v) is 7.18. The summed E-state index contributed by atoms with van der Waals surface area (Å²) >= 11 is 0. The van der Waals surface area contributed by atoms with Crippen molar-refractivity contribution < 1.29 is 0 Å². The maximum absolute atomic E-state index is 4.60. The normalized spacial score (nSPS) is 18.7. The van der Waals surface area contributed by atoms with E-state index < -0.39 is 0 Å². The zero-order valence-electron chi connectivity index (χ0n) is 18.8. The van der Waals surface area contributed by atoms with Gasteiger partial charge in [0.1, 0.15) is 0 Å². The van der Waals surface area contributed by atoms with Crippen LogP contribution in [0.15, 0.2) is 66.9 Å². The highest BCUT2D eigenvalue weighted by Crippen LogP contribution is 2.35. The summed E-state index contributed by atoms with van der Waals surface area (Å²) in [6, 6.07) is 21.9. The minimum atomic E-state index is 0.0307. The Kier molecular flexibility index (Phi) is 5.48. The average Bonchev–Trinajstić information content (AvgIpc) is 3.58. The second kappa shape index (κ2) is 8.90. The molecule has 1 atom stereocenters. The van der Waals surface area contributed by atoms with Crippen molar-refractivity contribution in [3.8, 4) is 0 Å². The van der Waals surface area contributed by atoms with Crippen LogP contribution in [0.1, 0.15) is 49.2 Å². The Morgan fingerprint density at radius 3 is 2.48 bits per heavy atom. The van der Waals surface area contributed by atoms with Crippen molar-refractivity contribution in [3.63, 3.8) is 0 Å². The number of hydrogen-bond donors (Lipinski definition) is 0. The number of anilines is 1. The van der Waals surface area contributed by atoms with Gasteiger partial charge in [0.25, 0.3) is 0 Å². The van der Waals surface area contributed by atoms with Gasteiger partial charge in [-0.1, -0.05) is 43.2 Å². The maximum Gasteiger partial charge on any atom is 0.173 e. The number of hydrogen-bond acceptors (Lipinski definition) is 6. The molecule has 3 heterocycles. The molecule has 2 aliphatic rings. The Bertz CT molecular complexity index is 1210. The first-order valence-electron chi connectivity index (χ1n) is 12.0. The molecule has 0 bridgehead atoms. The Morgan fingerprint density at radius 2 is 1.67 bits per heavy atom. The first kappa shape index (κ1) is 20.3. The van der Waals surface area contributed by atoms with E-state index in [2.05, 4.69) is 89.6 Å². The predicted octanol–water partition coefficient (Wildman–Crippen LogP) is 4.25. The molecule has 6 rings (SSSR count). The first-order chi connectivity index (χ1) is 16.4. The van der Waals surface area contributed by atoms with Crippen LogP contribution in [0.3, 0.4) is 0 Å². The number of tetrazole rings is 1. The summed E-state index contributed by atoms with van der Waals surface area (Å²) in [5.41, 5.74) is 3.54. The molecule has 33 heavy (non-hydrogen) atoms. The number of piperazine rings is 1. The molecule has 2 aromatic heterocycles. The second-order valence-electron chi connectivity index (χ2n) is 9.14. The first-order valence-corrected chi connectivity index (χ1v) is 12.0. The van der Waals surface area contributed by atoms with E-state index >= 15 is 0 Å². The summed E-state index contributed by atoms with van der Waals surface area (Å²) in [4.78, 5) is 9.53. The van der Waals surface area contributed by atoms with E-state index in [0.717, 1.165) is 55.7 Å². The lowest BCUT2D eigenvalue weighted by Crippen LogP contribution is -2.48. The number of rotatable bonds is 5. The molecule has 1 saturated heterocycles. The summed E-state index contributed by atoms with van der Waals surface area (Å²) in [5, 5.41) is 14.4. The smallest absolute Gasteiger partial charge is 0.173 e. The van der Waals surface area contributed by atoms with Crippen LogP contribution < -0.4 is 4.90 Å². The monoisotopic (exact) mass is 439 g/mol. The number of benzene rings is 2. The van der Waals surface area contributed by atoms with Gasteiger partial charge in [0.05, 0.1) is 17.6 Å². The fraction of sp³-hybridized carbons (Fsp3) is 0.385. The van der Waals surface area contributed by atoms with Crippen LogP contribution >= 0.6 is 0 Å². The molecule has 7 nitrogen and oxygen atoms in total. The highest BCUT2D eigenvalue weighted by molar-refractivity contribution is 5.79. The van der Waals surface area contributed by atoms with Gasteiger partial charge in [-0.2, -0.15) is 0 Å². The van der Waals surface area contributed by atoms with Crippen LogP contribution in [0.2, 0.25) is 0 Å².